The number of hydrogen-bond acceptors (Lipinski definition) is 6. The molecule has 0 saturated carbocycles. The Labute approximate surface area is 240 Å². The van der Waals surface area contributed by atoms with Crippen molar-refractivity contribution in [3.05, 3.63) is 84.9 Å². The first-order chi connectivity index (χ1) is 19.5. The van der Waals surface area contributed by atoms with E-state index < -0.39 is 24.1 Å². The van der Waals surface area contributed by atoms with E-state index in [1.165, 1.54) is 21.7 Å². The first-order valence-corrected chi connectivity index (χ1v) is 13.1. The minimum atomic E-state index is -0.804. The number of ether oxygens (including phenoxy) is 2. The molecular formula is C31H36N4O6. The van der Waals surface area contributed by atoms with Crippen molar-refractivity contribution >= 4 is 40.9 Å². The average molecular weight is 561 g/mol. The molecule has 0 bridgehead atoms. The molecule has 216 valence electrons. The van der Waals surface area contributed by atoms with Crippen molar-refractivity contribution in [3.63, 3.8) is 0 Å². The van der Waals surface area contributed by atoms with E-state index >= 15 is 0 Å². The van der Waals surface area contributed by atoms with Gasteiger partial charge in [0.05, 0.1) is 5.69 Å². The Hall–Kier alpha value is -4.86. The number of benzene rings is 3. The maximum absolute atomic E-state index is 14.0. The summed E-state index contributed by atoms with van der Waals surface area (Å²) in [7, 11) is 3.10. The van der Waals surface area contributed by atoms with Crippen LogP contribution in [-0.2, 0) is 19.1 Å². The van der Waals surface area contributed by atoms with E-state index in [0.29, 0.717) is 11.4 Å². The highest BCUT2D eigenvalue weighted by Crippen LogP contribution is 2.29. The van der Waals surface area contributed by atoms with Crippen LogP contribution in [0.1, 0.15) is 20.8 Å². The Morgan fingerprint density at radius 1 is 0.732 bits per heavy atom. The minimum absolute atomic E-state index is 0.225. The number of rotatable bonds is 10. The van der Waals surface area contributed by atoms with Crippen molar-refractivity contribution in [1.29, 1.82) is 0 Å². The number of hydrogen-bond donors (Lipinski definition) is 1. The summed E-state index contributed by atoms with van der Waals surface area (Å²) in [5.74, 6) is -1.08. The third-order valence-electron chi connectivity index (χ3n) is 5.88. The van der Waals surface area contributed by atoms with Crippen LogP contribution in [0.15, 0.2) is 84.9 Å². The van der Waals surface area contributed by atoms with Gasteiger partial charge in [-0.25, -0.2) is 4.79 Å². The molecule has 0 spiro atoms. The first kappa shape index (κ1) is 30.7. The van der Waals surface area contributed by atoms with Gasteiger partial charge in [0.1, 0.15) is 24.4 Å². The lowest BCUT2D eigenvalue weighted by molar-refractivity contribution is -0.122. The molecule has 0 aliphatic rings. The Morgan fingerprint density at radius 3 is 1.85 bits per heavy atom. The van der Waals surface area contributed by atoms with Gasteiger partial charge in [-0.05, 0) is 57.2 Å². The largest absolute Gasteiger partial charge is 0.482 e. The molecule has 10 nitrogen and oxygen atoms in total. The highest BCUT2D eigenvalue weighted by molar-refractivity contribution is 6.07. The fourth-order valence-electron chi connectivity index (χ4n) is 3.77. The van der Waals surface area contributed by atoms with Gasteiger partial charge >= 0.3 is 6.09 Å². The zero-order valence-corrected chi connectivity index (χ0v) is 24.0. The molecule has 0 atom stereocenters. The lowest BCUT2D eigenvalue weighted by Crippen LogP contribution is -2.48. The Balaban J connectivity index is 1.99. The van der Waals surface area contributed by atoms with Crippen molar-refractivity contribution in [2.75, 3.05) is 48.5 Å². The fourth-order valence-corrected chi connectivity index (χ4v) is 3.77. The van der Waals surface area contributed by atoms with E-state index in [2.05, 4.69) is 5.32 Å². The number of nitrogens with one attached hydrogen (secondary N) is 1. The summed E-state index contributed by atoms with van der Waals surface area (Å²) in [4.78, 5) is 56.5. The average Bonchev–Trinajstić information content (AvgIpc) is 2.96. The normalized spacial score (nSPS) is 10.8. The second-order valence-corrected chi connectivity index (χ2v) is 10.1. The summed E-state index contributed by atoms with van der Waals surface area (Å²) in [5.41, 5.74) is 0.565. The molecule has 41 heavy (non-hydrogen) atoms. The topological polar surface area (TPSA) is 108 Å². The molecule has 3 rings (SSSR count). The Kier molecular flexibility index (Phi) is 10.5. The van der Waals surface area contributed by atoms with E-state index in [4.69, 9.17) is 9.47 Å². The van der Waals surface area contributed by atoms with Crippen molar-refractivity contribution in [2.24, 2.45) is 0 Å². The van der Waals surface area contributed by atoms with Crippen LogP contribution in [0.5, 0.6) is 5.75 Å². The number of anilines is 3. The van der Waals surface area contributed by atoms with Gasteiger partial charge in [0.2, 0.25) is 11.8 Å². The van der Waals surface area contributed by atoms with Gasteiger partial charge in [-0.1, -0.05) is 48.5 Å². The van der Waals surface area contributed by atoms with Crippen LogP contribution in [0.25, 0.3) is 0 Å². The lowest BCUT2D eigenvalue weighted by atomic mass is 10.2. The smallest absolute Gasteiger partial charge is 0.415 e. The summed E-state index contributed by atoms with van der Waals surface area (Å²) >= 11 is 0. The van der Waals surface area contributed by atoms with Gasteiger partial charge in [0, 0.05) is 25.5 Å². The van der Waals surface area contributed by atoms with Crippen LogP contribution in [0.3, 0.4) is 0 Å². The van der Waals surface area contributed by atoms with Gasteiger partial charge in [0.25, 0.3) is 5.91 Å². The number of amides is 4. The number of likely N-dealkylation sites (N-methyl/N-ethyl adjacent to an activating group) is 2. The molecule has 3 aromatic carbocycles. The summed E-state index contributed by atoms with van der Waals surface area (Å²) in [5, 5.41) is 2.48. The Bertz CT molecular complexity index is 1340. The van der Waals surface area contributed by atoms with E-state index in [9.17, 15) is 19.2 Å². The first-order valence-electron chi connectivity index (χ1n) is 13.1. The van der Waals surface area contributed by atoms with Crippen molar-refractivity contribution in [1.82, 2.24) is 5.32 Å². The predicted molar refractivity (Wildman–Crippen MR) is 158 cm³/mol. The third-order valence-corrected chi connectivity index (χ3v) is 5.88. The van der Waals surface area contributed by atoms with Gasteiger partial charge in [-0.2, -0.15) is 0 Å². The minimum Gasteiger partial charge on any atom is -0.482 e. The van der Waals surface area contributed by atoms with E-state index in [1.54, 1.807) is 94.5 Å². The van der Waals surface area contributed by atoms with Crippen molar-refractivity contribution in [2.45, 2.75) is 26.4 Å². The summed E-state index contributed by atoms with van der Waals surface area (Å²) in [6.07, 6.45) is -0.714. The fraction of sp³-hybridized carbons (Fsp3) is 0.290. The molecule has 10 heteroatoms. The molecular weight excluding hydrogens is 524 g/mol. The summed E-state index contributed by atoms with van der Waals surface area (Å²) in [6.45, 7) is 4.13. The van der Waals surface area contributed by atoms with E-state index in [0.717, 1.165) is 0 Å². The molecule has 3 aromatic rings. The summed E-state index contributed by atoms with van der Waals surface area (Å²) < 4.78 is 11.3. The van der Waals surface area contributed by atoms with Crippen LogP contribution in [0, 0.1) is 0 Å². The van der Waals surface area contributed by atoms with E-state index in [1.807, 2.05) is 18.2 Å². The van der Waals surface area contributed by atoms with Crippen LogP contribution in [0.2, 0.25) is 0 Å². The zero-order valence-electron chi connectivity index (χ0n) is 24.0. The van der Waals surface area contributed by atoms with Gasteiger partial charge in [0.15, 0.2) is 6.61 Å². The standard InChI is InChI=1S/C31H36N4O6/c1-31(2,3)41-30(39)34(24-16-10-7-11-17-24)21-29(38)35(20-28(37)33(5)23-14-8-6-9-15-23)25-18-12-13-19-26(25)40-22-27(36)32-4/h6-19H,20-22H2,1-5H3,(H,32,36). The molecule has 0 aliphatic carbocycles. The van der Waals surface area contributed by atoms with Crippen LogP contribution in [-0.4, -0.2) is 63.2 Å². The van der Waals surface area contributed by atoms with Gasteiger partial charge < -0.3 is 19.7 Å². The van der Waals surface area contributed by atoms with Gasteiger partial charge in [-0.3, -0.25) is 24.2 Å². The van der Waals surface area contributed by atoms with Crippen molar-refractivity contribution < 1.29 is 28.7 Å². The molecule has 0 fully saturated rings. The molecule has 0 unspecified atom stereocenters. The number of para-hydroxylation sites is 4. The SMILES string of the molecule is CNC(=O)COc1ccccc1N(CC(=O)N(C)c1ccccc1)C(=O)CN(C(=O)OC(C)(C)C)c1ccccc1. The van der Waals surface area contributed by atoms with Gasteiger partial charge in [-0.15, -0.1) is 0 Å². The number of nitrogens with zero attached hydrogens (tertiary/aromatic N) is 3. The maximum atomic E-state index is 14.0. The third kappa shape index (κ3) is 8.82. The Morgan fingerprint density at radius 2 is 1.27 bits per heavy atom. The maximum Gasteiger partial charge on any atom is 0.415 e. The second-order valence-electron chi connectivity index (χ2n) is 10.1. The predicted octanol–water partition coefficient (Wildman–Crippen LogP) is 4.25. The molecule has 1 N–H and O–H groups in total. The summed E-state index contributed by atoms with van der Waals surface area (Å²) in [6, 6.07) is 24.3. The number of carbonyl (C=O) groups excluding carboxylic acids is 4. The molecule has 0 heterocycles. The van der Waals surface area contributed by atoms with Crippen LogP contribution < -0.4 is 24.8 Å². The monoisotopic (exact) mass is 560 g/mol. The molecule has 4 amide bonds. The van der Waals surface area contributed by atoms with Crippen molar-refractivity contribution in [3.8, 4) is 5.75 Å². The second kappa shape index (κ2) is 14.0. The zero-order chi connectivity index (χ0) is 30.0. The molecule has 0 saturated heterocycles. The highest BCUT2D eigenvalue weighted by Gasteiger charge is 2.30. The molecule has 0 aliphatic heterocycles. The molecule has 0 aromatic heterocycles. The highest BCUT2D eigenvalue weighted by atomic mass is 16.6. The number of carbonyl (C=O) groups is 4. The van der Waals surface area contributed by atoms with Crippen LogP contribution in [0.4, 0.5) is 21.9 Å². The van der Waals surface area contributed by atoms with E-state index in [-0.39, 0.29) is 36.4 Å². The quantitative estimate of drug-likeness (QED) is 0.397. The molecule has 0 radical (unpaired) electrons. The van der Waals surface area contributed by atoms with Crippen LogP contribution >= 0.6 is 0 Å². The lowest BCUT2D eigenvalue weighted by Gasteiger charge is -2.31.